The molecular weight excluding hydrogens is 898 g/mol. The Morgan fingerprint density at radius 1 is 0.600 bits per heavy atom. The van der Waals surface area contributed by atoms with Crippen LogP contribution >= 0.6 is 12.4 Å². The SMILES string of the molecule is C.C.CON(C)C(=O)[C@H]1CC[C@H]2[C@@H]3CC[C@@H]4C[C@](C)(O)CC[C@]4(C)[C@H]3CC[C@]12C.Cc1c[c-]ccc1C.Cc1ccc(C(=O)[C@H]2CC[C@H]3[C@@H]4CC[C@@H]5C[C@](C)(O)CC[C@]5(C)[C@H]4CC[C@]23C)cc1C.Cl.[H-].[Mg+2]. The summed E-state index contributed by atoms with van der Waals surface area (Å²) < 4.78 is 0. The van der Waals surface area contributed by atoms with Crippen molar-refractivity contribution < 1.29 is 26.1 Å². The van der Waals surface area contributed by atoms with Crippen LogP contribution in [-0.2, 0) is 9.63 Å². The summed E-state index contributed by atoms with van der Waals surface area (Å²) in [5.74, 6) is 6.72. The number of fused-ring (bicyclic) bond motifs is 10. The maximum atomic E-state index is 13.7. The van der Waals surface area contributed by atoms with Crippen molar-refractivity contribution in [2.45, 2.75) is 211 Å². The molecule has 2 aromatic rings. The van der Waals surface area contributed by atoms with Gasteiger partial charge < -0.3 is 11.6 Å². The molecule has 0 radical (unpaired) electrons. The summed E-state index contributed by atoms with van der Waals surface area (Å²) in [6, 6.07) is 15.3. The average molecular weight is 999 g/mol. The van der Waals surface area contributed by atoms with Crippen molar-refractivity contribution in [2.24, 2.45) is 80.8 Å². The Kier molecular flexibility index (Phi) is 19.9. The molecule has 8 aliphatic rings. The van der Waals surface area contributed by atoms with Crippen LogP contribution in [0.25, 0.3) is 0 Å². The minimum Gasteiger partial charge on any atom is -1.00 e. The number of hydrogen-bond acceptors (Lipinski definition) is 5. The Morgan fingerprint density at radius 2 is 1.06 bits per heavy atom. The molecule has 16 atom stereocenters. The second-order valence-electron chi connectivity index (χ2n) is 25.8. The quantitative estimate of drug-likeness (QED) is 0.138. The van der Waals surface area contributed by atoms with Gasteiger partial charge in [0.2, 0.25) is 5.91 Å². The normalized spacial score (nSPS) is 41.7. The van der Waals surface area contributed by atoms with Gasteiger partial charge in [-0.15, -0.1) is 12.4 Å². The molecular formula is C62H100ClMgNO5. The molecule has 2 aromatic carbocycles. The van der Waals surface area contributed by atoms with Gasteiger partial charge in [0.15, 0.2) is 5.78 Å². The Hall–Kier alpha value is -1.48. The number of nitrogens with zero attached hydrogens (tertiary/aromatic N) is 1. The third-order valence-corrected chi connectivity index (χ3v) is 22.2. The van der Waals surface area contributed by atoms with Crippen LogP contribution in [0.1, 0.15) is 206 Å². The third kappa shape index (κ3) is 11.1. The molecule has 8 heteroatoms. The Bertz CT molecular complexity index is 2090. The summed E-state index contributed by atoms with van der Waals surface area (Å²) in [5, 5.41) is 22.8. The smallest absolute Gasteiger partial charge is 1.00 e. The molecule has 8 saturated carbocycles. The van der Waals surface area contributed by atoms with Crippen LogP contribution in [-0.4, -0.2) is 75.4 Å². The van der Waals surface area contributed by atoms with Gasteiger partial charge in [0, 0.05) is 24.4 Å². The van der Waals surface area contributed by atoms with Crippen LogP contribution in [0, 0.1) is 115 Å². The number of hydrogen-bond donors (Lipinski definition) is 2. The summed E-state index contributed by atoms with van der Waals surface area (Å²) >= 11 is 0. The predicted molar refractivity (Wildman–Crippen MR) is 294 cm³/mol. The standard InChI is InChI=1S/C29H42O2.C23H39NO3.C8H9.2CH4.ClH.Mg.H/c1-18-6-7-20(16-19(18)2)26(30)25-11-10-23-22-9-8-21-17-27(3,31)14-15-28(21,4)24(22)12-13-29(23,25)5;1-21(26)12-13-22(2)15(14-21)6-7-16-17-8-9-19(20(25)24(4)27-5)23(17,3)11-10-18(16)22;1-7-5-3-4-6-8(7)2;;;;;/h6-7,16,21-25,31H,8-15,17H2,1-5H3;15-19,26H,6-14H2,1-5H3;3,5-6H,1-2H3;2*1H4;1H;;/q;;-1;;;;+2;-1/t21-,22+,23+,24+,25-,27-,28+,29+;15-,16+,17+,18+,19-,21-,22+,23+;;;;;;/m11....../s1. The molecule has 0 aliphatic heterocycles. The molecule has 70 heavy (non-hydrogen) atoms. The van der Waals surface area contributed by atoms with E-state index in [2.05, 4.69) is 92.6 Å². The number of rotatable bonds is 4. The first-order chi connectivity index (χ1) is 31.0. The fourth-order valence-corrected chi connectivity index (χ4v) is 17.7. The van der Waals surface area contributed by atoms with Crippen molar-refractivity contribution in [3.63, 3.8) is 0 Å². The molecule has 8 fully saturated rings. The van der Waals surface area contributed by atoms with Crippen LogP contribution < -0.4 is 0 Å². The van der Waals surface area contributed by atoms with E-state index in [1.54, 1.807) is 14.2 Å². The molecule has 0 unspecified atom stereocenters. The van der Waals surface area contributed by atoms with Gasteiger partial charge in [-0.2, -0.15) is 35.4 Å². The summed E-state index contributed by atoms with van der Waals surface area (Å²) in [6.07, 6.45) is 20.8. The topological polar surface area (TPSA) is 87.1 Å². The van der Waals surface area contributed by atoms with Crippen molar-refractivity contribution in [3.05, 3.63) is 70.3 Å². The molecule has 0 saturated heterocycles. The zero-order valence-corrected chi connectivity index (χ0v) is 46.9. The number of carbonyl (C=O) groups is 2. The number of Topliss-reactive ketones (excluding diaryl/α,β-unsaturated/α-hetero) is 1. The third-order valence-electron chi connectivity index (χ3n) is 22.2. The van der Waals surface area contributed by atoms with Gasteiger partial charge in [-0.05, 0) is 229 Å². The van der Waals surface area contributed by atoms with E-state index in [4.69, 9.17) is 4.84 Å². The molecule has 0 aromatic heterocycles. The first-order valence-corrected chi connectivity index (χ1v) is 26.8. The molecule has 0 heterocycles. The van der Waals surface area contributed by atoms with E-state index in [-0.39, 0.29) is 80.3 Å². The van der Waals surface area contributed by atoms with E-state index in [1.165, 1.54) is 104 Å². The first kappa shape index (κ1) is 61.1. The monoisotopic (exact) mass is 998 g/mol. The second-order valence-corrected chi connectivity index (χ2v) is 25.8. The number of aryl methyl sites for hydroxylation is 4. The van der Waals surface area contributed by atoms with Gasteiger partial charge in [-0.1, -0.05) is 68.5 Å². The van der Waals surface area contributed by atoms with Gasteiger partial charge in [0.25, 0.3) is 0 Å². The fraction of sp³-hybridized carbons (Fsp3) is 0.774. The van der Waals surface area contributed by atoms with Crippen LogP contribution in [0.2, 0.25) is 0 Å². The summed E-state index contributed by atoms with van der Waals surface area (Å²) in [5.41, 5.74) is 6.24. The summed E-state index contributed by atoms with van der Waals surface area (Å²) in [4.78, 5) is 31.8. The predicted octanol–water partition coefficient (Wildman–Crippen LogP) is 14.8. The number of ketones is 1. The Morgan fingerprint density at radius 3 is 1.50 bits per heavy atom. The van der Waals surface area contributed by atoms with Crippen LogP contribution in [0.3, 0.4) is 0 Å². The van der Waals surface area contributed by atoms with Gasteiger partial charge in [0.05, 0.1) is 18.3 Å². The largest absolute Gasteiger partial charge is 2.00 e. The van der Waals surface area contributed by atoms with E-state index in [0.717, 1.165) is 67.8 Å². The maximum Gasteiger partial charge on any atom is 2.00 e. The number of aliphatic hydroxyl groups is 2. The molecule has 10 rings (SSSR count). The van der Waals surface area contributed by atoms with E-state index < -0.39 is 11.2 Å². The van der Waals surface area contributed by atoms with Crippen LogP contribution in [0.4, 0.5) is 0 Å². The van der Waals surface area contributed by atoms with Crippen molar-refractivity contribution in [1.82, 2.24) is 5.06 Å². The van der Waals surface area contributed by atoms with E-state index in [1.807, 2.05) is 19.1 Å². The number of benzene rings is 2. The zero-order chi connectivity index (χ0) is 47.8. The molecule has 2 N–H and O–H groups in total. The first-order valence-electron chi connectivity index (χ1n) is 26.8. The zero-order valence-electron chi connectivity index (χ0n) is 45.6. The minimum absolute atomic E-state index is 0. The minimum atomic E-state index is -0.462. The molecule has 0 bridgehead atoms. The van der Waals surface area contributed by atoms with Gasteiger partial charge in [0.1, 0.15) is 0 Å². The number of halogens is 1. The van der Waals surface area contributed by atoms with Crippen LogP contribution in [0.15, 0.2) is 36.4 Å². The van der Waals surface area contributed by atoms with Crippen molar-refractivity contribution >= 4 is 47.2 Å². The van der Waals surface area contributed by atoms with Crippen molar-refractivity contribution in [3.8, 4) is 0 Å². The number of hydroxylamine groups is 2. The maximum absolute atomic E-state index is 13.7. The average Bonchev–Trinajstić information content (AvgIpc) is 3.82. The second kappa shape index (κ2) is 22.8. The molecule has 392 valence electrons. The van der Waals surface area contributed by atoms with Crippen LogP contribution in [0.5, 0.6) is 0 Å². The van der Waals surface area contributed by atoms with E-state index in [0.29, 0.717) is 40.3 Å². The van der Waals surface area contributed by atoms with Crippen molar-refractivity contribution in [1.29, 1.82) is 0 Å². The Balaban J connectivity index is 0.000000307. The van der Waals surface area contributed by atoms with Gasteiger partial charge in [-0.25, -0.2) is 5.06 Å². The fourth-order valence-electron chi connectivity index (χ4n) is 17.7. The number of amides is 1. The van der Waals surface area contributed by atoms with Crippen molar-refractivity contribution in [2.75, 3.05) is 14.2 Å². The molecule has 1 amide bonds. The van der Waals surface area contributed by atoms with Gasteiger partial charge >= 0.3 is 23.1 Å². The number of carbonyl (C=O) groups excluding carboxylic acids is 2. The summed E-state index contributed by atoms with van der Waals surface area (Å²) in [7, 11) is 3.34. The molecule has 6 nitrogen and oxygen atoms in total. The Labute approximate surface area is 451 Å². The molecule has 8 aliphatic carbocycles. The molecule has 0 spiro atoms. The van der Waals surface area contributed by atoms with E-state index >= 15 is 0 Å². The van der Waals surface area contributed by atoms with Gasteiger partial charge in [-0.3, -0.25) is 14.4 Å². The van der Waals surface area contributed by atoms with E-state index in [9.17, 15) is 19.8 Å². The summed E-state index contributed by atoms with van der Waals surface area (Å²) in [6.45, 7) is 22.5.